The fourth-order valence-electron chi connectivity index (χ4n) is 4.79. The second-order valence-corrected chi connectivity index (χ2v) is 11.4. The number of likely N-dealkylation sites (N-methyl/N-ethyl adjacent to an activating group) is 1. The number of hydrogen-bond donors (Lipinski definition) is 2. The molecular weight excluding hydrogens is 476 g/mol. The summed E-state index contributed by atoms with van der Waals surface area (Å²) < 4.78 is 12.5. The summed E-state index contributed by atoms with van der Waals surface area (Å²) in [5.41, 5.74) is 4.77. The third-order valence-electron chi connectivity index (χ3n) is 7.47. The van der Waals surface area contributed by atoms with Crippen molar-refractivity contribution < 1.29 is 24.2 Å². The summed E-state index contributed by atoms with van der Waals surface area (Å²) in [4.78, 5) is 25.3. The van der Waals surface area contributed by atoms with Gasteiger partial charge in [0.25, 0.3) is 5.24 Å². The Labute approximate surface area is 217 Å². The Bertz CT molecular complexity index is 1150. The van der Waals surface area contributed by atoms with Gasteiger partial charge in [-0.3, -0.25) is 14.9 Å². The number of ether oxygens (including phenoxy) is 2. The average Bonchev–Trinajstić information content (AvgIpc) is 3.17. The van der Waals surface area contributed by atoms with Crippen molar-refractivity contribution in [3.8, 4) is 17.2 Å². The van der Waals surface area contributed by atoms with Crippen LogP contribution in [0.15, 0.2) is 24.3 Å². The van der Waals surface area contributed by atoms with Gasteiger partial charge in [0, 0.05) is 18.7 Å². The fraction of sp³-hybridized carbons (Fsp3) is 0.500. The molecule has 1 saturated heterocycles. The normalized spacial score (nSPS) is 21.3. The van der Waals surface area contributed by atoms with E-state index < -0.39 is 0 Å². The molecule has 0 bridgehead atoms. The van der Waals surface area contributed by atoms with Gasteiger partial charge in [0.05, 0.1) is 5.25 Å². The van der Waals surface area contributed by atoms with E-state index in [1.807, 2.05) is 45.0 Å². The van der Waals surface area contributed by atoms with E-state index in [4.69, 9.17) is 9.47 Å². The SMILES string of the molecule is Cc1c(C)c2c(c(C)c1O)CCC(C)(CCN(C)CCOc1ccc(CC3SC(=O)NC3=O)cc1)O2. The summed E-state index contributed by atoms with van der Waals surface area (Å²) in [7, 11) is 2.09. The van der Waals surface area contributed by atoms with Gasteiger partial charge in [0.1, 0.15) is 29.5 Å². The third kappa shape index (κ3) is 5.81. The zero-order chi connectivity index (χ0) is 26.0. The van der Waals surface area contributed by atoms with Crippen LogP contribution in [0.25, 0.3) is 0 Å². The minimum absolute atomic E-state index is 0.218. The molecule has 36 heavy (non-hydrogen) atoms. The van der Waals surface area contributed by atoms with Gasteiger partial charge >= 0.3 is 0 Å². The smallest absolute Gasteiger partial charge is 0.286 e. The van der Waals surface area contributed by atoms with Gasteiger partial charge in [-0.1, -0.05) is 23.9 Å². The molecule has 0 spiro atoms. The van der Waals surface area contributed by atoms with Gasteiger partial charge in [-0.05, 0) is 94.8 Å². The Morgan fingerprint density at radius 3 is 2.53 bits per heavy atom. The number of benzene rings is 2. The Morgan fingerprint density at radius 2 is 1.86 bits per heavy atom. The third-order valence-corrected chi connectivity index (χ3v) is 8.45. The maximum Gasteiger partial charge on any atom is 0.286 e. The summed E-state index contributed by atoms with van der Waals surface area (Å²) in [5, 5.41) is 12.1. The van der Waals surface area contributed by atoms with Crippen LogP contribution in [0.1, 0.15) is 47.6 Å². The molecule has 2 N–H and O–H groups in total. The number of phenolic OH excluding ortho intramolecular Hbond substituents is 1. The molecule has 2 amide bonds. The monoisotopic (exact) mass is 512 g/mol. The summed E-state index contributed by atoms with van der Waals surface area (Å²) in [5.74, 6) is 1.91. The van der Waals surface area contributed by atoms with Crippen molar-refractivity contribution in [3.05, 3.63) is 52.1 Å². The first-order valence-electron chi connectivity index (χ1n) is 12.5. The number of aromatic hydroxyl groups is 1. The minimum atomic E-state index is -0.356. The standard InChI is InChI=1S/C28H36N2O5S/c1-17-18(2)25-22(19(3)24(17)31)10-11-28(4,35-25)12-13-30(5)14-15-34-21-8-6-20(7-9-21)16-23-26(32)29-27(33)36-23/h6-9,23,31H,10-16H2,1-5H3,(H,29,32,33). The van der Waals surface area contributed by atoms with Crippen LogP contribution in [-0.4, -0.2) is 58.7 Å². The van der Waals surface area contributed by atoms with Crippen molar-refractivity contribution in [3.63, 3.8) is 0 Å². The number of carbonyl (C=O) groups excluding carboxylic acids is 2. The number of fused-ring (bicyclic) bond motifs is 1. The molecule has 7 nitrogen and oxygen atoms in total. The van der Waals surface area contributed by atoms with Gasteiger partial charge in [-0.15, -0.1) is 0 Å². The zero-order valence-corrected chi connectivity index (χ0v) is 22.6. The van der Waals surface area contributed by atoms with Crippen LogP contribution < -0.4 is 14.8 Å². The molecule has 2 atom stereocenters. The first kappa shape index (κ1) is 26.4. The highest BCUT2D eigenvalue weighted by molar-refractivity contribution is 8.15. The highest BCUT2D eigenvalue weighted by Gasteiger charge is 2.34. The van der Waals surface area contributed by atoms with E-state index in [-0.39, 0.29) is 22.0 Å². The Morgan fingerprint density at radius 1 is 1.14 bits per heavy atom. The van der Waals surface area contributed by atoms with E-state index in [1.165, 1.54) is 0 Å². The topological polar surface area (TPSA) is 88.1 Å². The van der Waals surface area contributed by atoms with Crippen LogP contribution in [0.3, 0.4) is 0 Å². The number of imide groups is 1. The predicted octanol–water partition coefficient (Wildman–Crippen LogP) is 4.70. The molecule has 2 aromatic rings. The highest BCUT2D eigenvalue weighted by Crippen LogP contribution is 2.44. The largest absolute Gasteiger partial charge is 0.507 e. The Balaban J connectivity index is 1.22. The molecule has 1 fully saturated rings. The van der Waals surface area contributed by atoms with Crippen LogP contribution >= 0.6 is 11.8 Å². The number of nitrogens with one attached hydrogen (secondary N) is 1. The Kier molecular flexibility index (Phi) is 7.85. The van der Waals surface area contributed by atoms with E-state index in [1.54, 1.807) is 0 Å². The molecule has 2 aliphatic heterocycles. The van der Waals surface area contributed by atoms with E-state index >= 15 is 0 Å². The quantitative estimate of drug-likeness (QED) is 0.504. The second-order valence-electron chi connectivity index (χ2n) is 10.2. The lowest BCUT2D eigenvalue weighted by Gasteiger charge is -2.38. The predicted molar refractivity (Wildman–Crippen MR) is 142 cm³/mol. The molecule has 2 heterocycles. The summed E-state index contributed by atoms with van der Waals surface area (Å²) in [6.07, 6.45) is 3.27. The van der Waals surface area contributed by atoms with Crippen molar-refractivity contribution in [2.75, 3.05) is 26.7 Å². The lowest BCUT2D eigenvalue weighted by atomic mass is 9.85. The van der Waals surface area contributed by atoms with Gasteiger partial charge in [-0.2, -0.15) is 0 Å². The average molecular weight is 513 g/mol. The van der Waals surface area contributed by atoms with Gasteiger partial charge in [-0.25, -0.2) is 0 Å². The van der Waals surface area contributed by atoms with Crippen molar-refractivity contribution >= 4 is 22.9 Å². The number of thioether (sulfide) groups is 1. The number of carbonyl (C=O) groups is 2. The van der Waals surface area contributed by atoms with Crippen LogP contribution in [0.4, 0.5) is 4.79 Å². The maximum absolute atomic E-state index is 11.7. The molecule has 0 aromatic heterocycles. The van der Waals surface area contributed by atoms with Crippen molar-refractivity contribution in [1.29, 1.82) is 0 Å². The molecule has 2 unspecified atom stereocenters. The van der Waals surface area contributed by atoms with E-state index in [0.717, 1.165) is 83.4 Å². The number of phenols is 1. The molecule has 194 valence electrons. The molecule has 4 rings (SSSR count). The molecule has 2 aliphatic rings. The van der Waals surface area contributed by atoms with E-state index in [9.17, 15) is 14.7 Å². The minimum Gasteiger partial charge on any atom is -0.507 e. The van der Waals surface area contributed by atoms with E-state index in [2.05, 4.69) is 24.2 Å². The van der Waals surface area contributed by atoms with Crippen LogP contribution in [0.5, 0.6) is 17.2 Å². The lowest BCUT2D eigenvalue weighted by molar-refractivity contribution is -0.118. The fourth-order valence-corrected chi connectivity index (χ4v) is 5.65. The lowest BCUT2D eigenvalue weighted by Crippen LogP contribution is -2.40. The van der Waals surface area contributed by atoms with Crippen molar-refractivity contribution in [2.24, 2.45) is 0 Å². The summed E-state index contributed by atoms with van der Waals surface area (Å²) in [6, 6.07) is 7.71. The second kappa shape index (κ2) is 10.7. The van der Waals surface area contributed by atoms with E-state index in [0.29, 0.717) is 18.8 Å². The zero-order valence-electron chi connectivity index (χ0n) is 21.8. The van der Waals surface area contributed by atoms with Gasteiger partial charge < -0.3 is 19.5 Å². The number of nitrogens with zero attached hydrogens (tertiary/aromatic N) is 1. The molecule has 8 heteroatoms. The number of rotatable bonds is 9. The summed E-state index contributed by atoms with van der Waals surface area (Å²) >= 11 is 1.05. The Hall–Kier alpha value is -2.71. The maximum atomic E-state index is 11.7. The van der Waals surface area contributed by atoms with Crippen molar-refractivity contribution in [1.82, 2.24) is 10.2 Å². The number of amides is 2. The van der Waals surface area contributed by atoms with Crippen LogP contribution in [0.2, 0.25) is 0 Å². The molecular formula is C28H36N2O5S. The highest BCUT2D eigenvalue weighted by atomic mass is 32.2. The first-order chi connectivity index (χ1) is 17.1. The van der Waals surface area contributed by atoms with Gasteiger partial charge in [0.2, 0.25) is 5.91 Å². The first-order valence-corrected chi connectivity index (χ1v) is 13.4. The molecule has 2 aromatic carbocycles. The number of hydrogen-bond acceptors (Lipinski definition) is 7. The molecule has 0 radical (unpaired) electrons. The molecule has 0 aliphatic carbocycles. The van der Waals surface area contributed by atoms with Crippen molar-refractivity contribution in [2.45, 2.75) is 64.2 Å². The molecule has 0 saturated carbocycles. The summed E-state index contributed by atoms with van der Waals surface area (Å²) in [6.45, 7) is 10.4. The van der Waals surface area contributed by atoms with Crippen LogP contribution in [-0.2, 0) is 17.6 Å². The van der Waals surface area contributed by atoms with Gasteiger partial charge in [0.15, 0.2) is 0 Å². The van der Waals surface area contributed by atoms with Crippen LogP contribution in [0, 0.1) is 20.8 Å².